The maximum Gasteiger partial charge on any atom is 0.298 e. The molecule has 2 aliphatic rings. The fourth-order valence-corrected chi connectivity index (χ4v) is 5.07. The molecule has 5 nitrogen and oxygen atoms in total. The number of rotatable bonds is 4. The van der Waals surface area contributed by atoms with Gasteiger partial charge in [-0.2, -0.15) is 0 Å². The Balaban J connectivity index is 1.37. The van der Waals surface area contributed by atoms with Crippen LogP contribution in [0.1, 0.15) is 37.5 Å². The Morgan fingerprint density at radius 2 is 1.66 bits per heavy atom. The second-order valence-electron chi connectivity index (χ2n) is 9.66. The van der Waals surface area contributed by atoms with Crippen LogP contribution in [0.4, 0.5) is 10.5 Å². The van der Waals surface area contributed by atoms with Gasteiger partial charge in [0, 0.05) is 5.69 Å². The van der Waals surface area contributed by atoms with E-state index in [2.05, 4.69) is 69.0 Å². The number of nitrogens with one attached hydrogen (secondary N) is 1. The molecule has 32 heavy (non-hydrogen) atoms. The Morgan fingerprint density at radius 3 is 2.28 bits per heavy atom. The van der Waals surface area contributed by atoms with Crippen molar-refractivity contribution in [2.75, 3.05) is 37.7 Å². The van der Waals surface area contributed by atoms with Gasteiger partial charge in [0.05, 0.1) is 31.1 Å². The van der Waals surface area contributed by atoms with Crippen LogP contribution in [0.15, 0.2) is 53.4 Å². The molecule has 0 spiro atoms. The summed E-state index contributed by atoms with van der Waals surface area (Å²) >= 11 is 1.05. The van der Waals surface area contributed by atoms with E-state index in [1.165, 1.54) is 26.6 Å². The summed E-state index contributed by atoms with van der Waals surface area (Å²) in [5, 5.41) is -0.165. The standard InChI is InChI=1S/C26H31N3O2S/c1-19-7-5-6-8-22(19)28-15-13-27(14-16-28)18-29-24(30)23(32-25(29)31)17-20-9-11-21(12-10-20)26(2,3)4/h5-12,17H,13-16,18H2,1-4H3/p+1/b23-17+. The van der Waals surface area contributed by atoms with Crippen molar-refractivity contribution in [3.8, 4) is 0 Å². The van der Waals surface area contributed by atoms with E-state index in [0.29, 0.717) is 11.6 Å². The zero-order chi connectivity index (χ0) is 22.9. The van der Waals surface area contributed by atoms with Gasteiger partial charge in [-0.3, -0.25) is 9.59 Å². The number of hydrogen-bond donors (Lipinski definition) is 1. The first kappa shape index (κ1) is 22.6. The quantitative estimate of drug-likeness (QED) is 0.722. The van der Waals surface area contributed by atoms with E-state index >= 15 is 0 Å². The first-order chi connectivity index (χ1) is 15.2. The van der Waals surface area contributed by atoms with E-state index in [1.807, 2.05) is 18.2 Å². The lowest BCUT2D eigenvalue weighted by Crippen LogP contribution is -3.16. The Hall–Kier alpha value is -2.57. The van der Waals surface area contributed by atoms with Crippen LogP contribution in [0.25, 0.3) is 6.08 Å². The van der Waals surface area contributed by atoms with Gasteiger partial charge < -0.3 is 9.80 Å². The molecule has 2 amide bonds. The van der Waals surface area contributed by atoms with Crippen LogP contribution >= 0.6 is 11.8 Å². The van der Waals surface area contributed by atoms with Crippen molar-refractivity contribution in [2.45, 2.75) is 33.1 Å². The number of hydrogen-bond acceptors (Lipinski definition) is 4. The van der Waals surface area contributed by atoms with Crippen molar-refractivity contribution in [3.05, 3.63) is 70.1 Å². The molecular weight excluding hydrogens is 418 g/mol. The number of para-hydroxylation sites is 1. The molecule has 1 N–H and O–H groups in total. The van der Waals surface area contributed by atoms with E-state index in [4.69, 9.17) is 0 Å². The molecule has 0 radical (unpaired) electrons. The highest BCUT2D eigenvalue weighted by atomic mass is 32.2. The number of aryl methyl sites for hydroxylation is 1. The van der Waals surface area contributed by atoms with Crippen molar-refractivity contribution in [2.24, 2.45) is 0 Å². The van der Waals surface area contributed by atoms with Gasteiger partial charge in [0.25, 0.3) is 11.1 Å². The molecule has 0 atom stereocenters. The van der Waals surface area contributed by atoms with Gasteiger partial charge in [-0.05, 0) is 52.9 Å². The molecule has 2 saturated heterocycles. The van der Waals surface area contributed by atoms with Crippen LogP contribution in [0.3, 0.4) is 0 Å². The van der Waals surface area contributed by atoms with Crippen molar-refractivity contribution >= 4 is 34.7 Å². The van der Waals surface area contributed by atoms with Crippen LogP contribution in [0, 0.1) is 6.92 Å². The molecule has 2 aromatic rings. The van der Waals surface area contributed by atoms with E-state index in [0.717, 1.165) is 43.5 Å². The minimum absolute atomic E-state index is 0.0857. The normalized spacial score (nSPS) is 19.3. The average molecular weight is 451 g/mol. The van der Waals surface area contributed by atoms with E-state index in [9.17, 15) is 9.59 Å². The minimum Gasteiger partial charge on any atom is -0.360 e. The number of carbonyl (C=O) groups excluding carboxylic acids is 2. The van der Waals surface area contributed by atoms with Gasteiger partial charge >= 0.3 is 0 Å². The van der Waals surface area contributed by atoms with E-state index in [1.54, 1.807) is 0 Å². The summed E-state index contributed by atoms with van der Waals surface area (Å²) in [5.41, 5.74) is 4.84. The topological polar surface area (TPSA) is 45.1 Å². The molecule has 2 fully saturated rings. The number of quaternary nitrogens is 1. The Labute approximate surface area is 195 Å². The van der Waals surface area contributed by atoms with Crippen LogP contribution in [0.5, 0.6) is 0 Å². The second kappa shape index (κ2) is 9.12. The van der Waals surface area contributed by atoms with Gasteiger partial charge in [0.15, 0.2) is 6.67 Å². The Kier molecular flexibility index (Phi) is 6.45. The average Bonchev–Trinajstić information content (AvgIpc) is 3.02. The smallest absolute Gasteiger partial charge is 0.298 e. The van der Waals surface area contributed by atoms with Crippen LogP contribution in [0.2, 0.25) is 0 Å². The third kappa shape index (κ3) is 4.92. The lowest BCUT2D eigenvalue weighted by Gasteiger charge is -2.35. The van der Waals surface area contributed by atoms with Gasteiger partial charge in [-0.15, -0.1) is 0 Å². The van der Waals surface area contributed by atoms with E-state index in [-0.39, 0.29) is 16.6 Å². The van der Waals surface area contributed by atoms with E-state index < -0.39 is 0 Å². The molecule has 6 heteroatoms. The maximum absolute atomic E-state index is 12.9. The number of benzene rings is 2. The molecular formula is C26H32N3O2S+. The monoisotopic (exact) mass is 450 g/mol. The SMILES string of the molecule is Cc1ccccc1N1CC[NH+](CN2C(=O)S/C(=C/c3ccc(C(C)(C)C)cc3)C2=O)CC1. The lowest BCUT2D eigenvalue weighted by molar-refractivity contribution is -0.907. The van der Waals surface area contributed by atoms with Gasteiger partial charge in [0.1, 0.15) is 0 Å². The molecule has 2 heterocycles. The number of thioether (sulfide) groups is 1. The third-order valence-electron chi connectivity index (χ3n) is 6.26. The van der Waals surface area contributed by atoms with Gasteiger partial charge in [-0.25, -0.2) is 4.90 Å². The molecule has 2 aliphatic heterocycles. The summed E-state index contributed by atoms with van der Waals surface area (Å²) in [6.45, 7) is 12.8. The predicted molar refractivity (Wildman–Crippen MR) is 132 cm³/mol. The molecule has 2 aromatic carbocycles. The molecule has 4 rings (SSSR count). The summed E-state index contributed by atoms with van der Waals surface area (Å²) in [6.07, 6.45) is 1.84. The summed E-state index contributed by atoms with van der Waals surface area (Å²) in [5.74, 6) is -0.172. The molecule has 0 aromatic heterocycles. The summed E-state index contributed by atoms with van der Waals surface area (Å²) in [6, 6.07) is 16.7. The molecule has 0 unspecified atom stereocenters. The highest BCUT2D eigenvalue weighted by Crippen LogP contribution is 2.32. The highest BCUT2D eigenvalue weighted by molar-refractivity contribution is 8.18. The third-order valence-corrected chi connectivity index (χ3v) is 7.16. The van der Waals surface area contributed by atoms with Crippen LogP contribution in [-0.4, -0.2) is 48.9 Å². The van der Waals surface area contributed by atoms with Gasteiger partial charge in [-0.1, -0.05) is 63.2 Å². The van der Waals surface area contributed by atoms with Crippen LogP contribution in [-0.2, 0) is 10.2 Å². The Bertz CT molecular complexity index is 1030. The minimum atomic E-state index is -0.172. The van der Waals surface area contributed by atoms with Gasteiger partial charge in [0.2, 0.25) is 0 Å². The number of nitrogens with zero attached hydrogens (tertiary/aromatic N) is 2. The number of amides is 2. The zero-order valence-corrected chi connectivity index (χ0v) is 20.2. The number of carbonyl (C=O) groups is 2. The lowest BCUT2D eigenvalue weighted by atomic mass is 9.87. The van der Waals surface area contributed by atoms with Crippen molar-refractivity contribution < 1.29 is 14.5 Å². The van der Waals surface area contributed by atoms with Crippen molar-refractivity contribution in [1.82, 2.24) is 4.90 Å². The van der Waals surface area contributed by atoms with Crippen molar-refractivity contribution in [1.29, 1.82) is 0 Å². The Morgan fingerprint density at radius 1 is 1.00 bits per heavy atom. The highest BCUT2D eigenvalue weighted by Gasteiger charge is 2.38. The van der Waals surface area contributed by atoms with Crippen LogP contribution < -0.4 is 9.80 Å². The van der Waals surface area contributed by atoms with Crippen molar-refractivity contribution in [3.63, 3.8) is 0 Å². The first-order valence-electron chi connectivity index (χ1n) is 11.2. The first-order valence-corrected chi connectivity index (χ1v) is 12.0. The number of anilines is 1. The predicted octanol–water partition coefficient (Wildman–Crippen LogP) is 3.69. The summed E-state index contributed by atoms with van der Waals surface area (Å²) in [4.78, 5) is 31.1. The summed E-state index contributed by atoms with van der Waals surface area (Å²) < 4.78 is 0. The second-order valence-corrected chi connectivity index (χ2v) is 10.7. The number of imide groups is 1. The molecule has 0 saturated carbocycles. The molecule has 0 bridgehead atoms. The largest absolute Gasteiger partial charge is 0.360 e. The fourth-order valence-electron chi connectivity index (χ4n) is 4.23. The molecule has 0 aliphatic carbocycles. The fraction of sp³-hybridized carbons (Fsp3) is 0.385. The maximum atomic E-state index is 12.9. The molecule has 168 valence electrons. The number of piperazine rings is 1. The zero-order valence-electron chi connectivity index (χ0n) is 19.4. The summed E-state index contributed by atoms with van der Waals surface area (Å²) in [7, 11) is 0.